The highest BCUT2D eigenvalue weighted by molar-refractivity contribution is 5.82. The average molecular weight is 274 g/mol. The highest BCUT2D eigenvalue weighted by Gasteiger charge is 2.38. The number of nitrogens with zero attached hydrogens (tertiary/aromatic N) is 1. The van der Waals surface area contributed by atoms with Crippen LogP contribution in [0, 0.1) is 5.92 Å². The van der Waals surface area contributed by atoms with Crippen LogP contribution >= 0.6 is 0 Å². The summed E-state index contributed by atoms with van der Waals surface area (Å²) in [7, 11) is 0. The van der Waals surface area contributed by atoms with E-state index < -0.39 is 6.04 Å². The van der Waals surface area contributed by atoms with Gasteiger partial charge < -0.3 is 15.7 Å². The Balaban J connectivity index is 1.60. The molecule has 1 aromatic rings. The highest BCUT2D eigenvalue weighted by atomic mass is 16.3. The van der Waals surface area contributed by atoms with E-state index in [0.717, 1.165) is 24.9 Å². The van der Waals surface area contributed by atoms with Crippen molar-refractivity contribution in [1.29, 1.82) is 0 Å². The minimum atomic E-state index is -0.473. The van der Waals surface area contributed by atoms with Crippen LogP contribution in [-0.4, -0.2) is 34.5 Å². The molecule has 0 aliphatic heterocycles. The summed E-state index contributed by atoms with van der Waals surface area (Å²) in [5, 5.41) is 9.27. The van der Waals surface area contributed by atoms with E-state index in [1.165, 1.54) is 12.8 Å². The molecule has 1 amide bonds. The summed E-state index contributed by atoms with van der Waals surface area (Å²) < 4.78 is 0. The van der Waals surface area contributed by atoms with Gasteiger partial charge in [-0.05, 0) is 55.7 Å². The molecular formula is C16H22N2O2. The van der Waals surface area contributed by atoms with Crippen LogP contribution in [0.25, 0.3) is 0 Å². The van der Waals surface area contributed by atoms with Crippen molar-refractivity contribution in [3.05, 3.63) is 29.8 Å². The minimum absolute atomic E-state index is 0.0903. The van der Waals surface area contributed by atoms with Crippen LogP contribution in [0.15, 0.2) is 24.3 Å². The maximum absolute atomic E-state index is 12.5. The Hall–Kier alpha value is -1.55. The van der Waals surface area contributed by atoms with Gasteiger partial charge in [-0.25, -0.2) is 0 Å². The first-order chi connectivity index (χ1) is 9.63. The zero-order chi connectivity index (χ0) is 14.1. The van der Waals surface area contributed by atoms with Crippen LogP contribution in [0.2, 0.25) is 0 Å². The van der Waals surface area contributed by atoms with E-state index in [0.29, 0.717) is 18.4 Å². The molecule has 0 heterocycles. The molecule has 3 rings (SSSR count). The molecule has 0 bridgehead atoms. The van der Waals surface area contributed by atoms with Crippen LogP contribution in [0.5, 0.6) is 5.75 Å². The number of nitrogens with two attached hydrogens (primary N) is 1. The summed E-state index contributed by atoms with van der Waals surface area (Å²) in [4.78, 5) is 14.5. The summed E-state index contributed by atoms with van der Waals surface area (Å²) in [6.45, 7) is 0.896. The molecule has 0 radical (unpaired) electrons. The van der Waals surface area contributed by atoms with E-state index in [1.54, 1.807) is 12.1 Å². The first kappa shape index (κ1) is 13.4. The highest BCUT2D eigenvalue weighted by Crippen LogP contribution is 2.35. The van der Waals surface area contributed by atoms with E-state index in [9.17, 15) is 9.90 Å². The summed E-state index contributed by atoms with van der Waals surface area (Å²) in [5.41, 5.74) is 7.09. The fourth-order valence-electron chi connectivity index (χ4n) is 2.57. The number of hydrogen-bond donors (Lipinski definition) is 2. The van der Waals surface area contributed by atoms with Gasteiger partial charge in [0.25, 0.3) is 0 Å². The summed E-state index contributed by atoms with van der Waals surface area (Å²) in [6, 6.07) is 6.88. The van der Waals surface area contributed by atoms with Crippen molar-refractivity contribution in [2.24, 2.45) is 11.7 Å². The Kier molecular flexibility index (Phi) is 3.66. The number of aromatic hydroxyl groups is 1. The number of phenolic OH excluding ortho intramolecular Hbond substituents is 1. The predicted octanol–water partition coefficient (Wildman–Crippen LogP) is 1.66. The van der Waals surface area contributed by atoms with E-state index in [2.05, 4.69) is 0 Å². The molecule has 0 aromatic heterocycles. The van der Waals surface area contributed by atoms with Gasteiger partial charge in [0, 0.05) is 12.6 Å². The second-order valence-corrected chi connectivity index (χ2v) is 6.14. The van der Waals surface area contributed by atoms with Crippen molar-refractivity contribution < 1.29 is 9.90 Å². The van der Waals surface area contributed by atoms with Crippen LogP contribution in [0.1, 0.15) is 31.2 Å². The van der Waals surface area contributed by atoms with E-state index in [-0.39, 0.29) is 11.7 Å². The summed E-state index contributed by atoms with van der Waals surface area (Å²) in [6.07, 6.45) is 5.30. The van der Waals surface area contributed by atoms with Gasteiger partial charge in [0.1, 0.15) is 5.75 Å². The lowest BCUT2D eigenvalue weighted by atomic mass is 10.1. The average Bonchev–Trinajstić information content (AvgIpc) is 3.30. The Labute approximate surface area is 119 Å². The van der Waals surface area contributed by atoms with Crippen LogP contribution in [-0.2, 0) is 11.2 Å². The zero-order valence-corrected chi connectivity index (χ0v) is 11.7. The molecule has 0 saturated heterocycles. The number of carbonyl (C=O) groups excluding carboxylic acids is 1. The molecule has 0 spiro atoms. The smallest absolute Gasteiger partial charge is 0.240 e. The molecule has 20 heavy (non-hydrogen) atoms. The second-order valence-electron chi connectivity index (χ2n) is 6.14. The van der Waals surface area contributed by atoms with Gasteiger partial charge in [-0.15, -0.1) is 0 Å². The maximum atomic E-state index is 12.5. The van der Waals surface area contributed by atoms with Gasteiger partial charge in [0.15, 0.2) is 0 Å². The van der Waals surface area contributed by atoms with Crippen molar-refractivity contribution in [3.63, 3.8) is 0 Å². The van der Waals surface area contributed by atoms with Gasteiger partial charge in [-0.3, -0.25) is 4.79 Å². The molecule has 3 N–H and O–H groups in total. The Morgan fingerprint density at radius 1 is 1.25 bits per heavy atom. The van der Waals surface area contributed by atoms with Crippen molar-refractivity contribution in [3.8, 4) is 5.75 Å². The van der Waals surface area contributed by atoms with Crippen molar-refractivity contribution >= 4 is 5.91 Å². The quantitative estimate of drug-likeness (QED) is 0.829. The van der Waals surface area contributed by atoms with Crippen molar-refractivity contribution in [2.75, 3.05) is 6.54 Å². The monoisotopic (exact) mass is 274 g/mol. The second kappa shape index (κ2) is 5.44. The van der Waals surface area contributed by atoms with Crippen LogP contribution in [0.4, 0.5) is 0 Å². The molecule has 108 valence electrons. The Morgan fingerprint density at radius 3 is 2.45 bits per heavy atom. The number of benzene rings is 1. The molecule has 2 aliphatic rings. The fourth-order valence-corrected chi connectivity index (χ4v) is 2.57. The number of rotatable bonds is 6. The number of phenols is 1. The van der Waals surface area contributed by atoms with Gasteiger partial charge in [0.05, 0.1) is 6.04 Å². The van der Waals surface area contributed by atoms with Crippen molar-refractivity contribution in [1.82, 2.24) is 4.90 Å². The Bertz CT molecular complexity index is 478. The molecule has 2 saturated carbocycles. The third-order valence-corrected chi connectivity index (χ3v) is 4.13. The van der Waals surface area contributed by atoms with Crippen molar-refractivity contribution in [2.45, 2.75) is 44.2 Å². The fraction of sp³-hybridized carbons (Fsp3) is 0.562. The molecule has 1 atom stereocenters. The zero-order valence-electron chi connectivity index (χ0n) is 11.7. The summed E-state index contributed by atoms with van der Waals surface area (Å²) >= 11 is 0. The molecule has 2 fully saturated rings. The lowest BCUT2D eigenvalue weighted by Crippen LogP contribution is -2.46. The van der Waals surface area contributed by atoms with E-state index >= 15 is 0 Å². The third-order valence-electron chi connectivity index (χ3n) is 4.13. The van der Waals surface area contributed by atoms with E-state index in [1.807, 2.05) is 17.0 Å². The number of hydrogen-bond acceptors (Lipinski definition) is 3. The minimum Gasteiger partial charge on any atom is -0.508 e. The van der Waals surface area contributed by atoms with Gasteiger partial charge in [-0.2, -0.15) is 0 Å². The molecule has 4 heteroatoms. The number of amides is 1. The van der Waals surface area contributed by atoms with Gasteiger partial charge in [0.2, 0.25) is 5.91 Å². The SMILES string of the molecule is N[C@@H](Cc1ccc(O)cc1)C(=O)N(CC1CC1)C1CC1. The topological polar surface area (TPSA) is 66.6 Å². The number of carbonyl (C=O) groups is 1. The van der Waals surface area contributed by atoms with Gasteiger partial charge >= 0.3 is 0 Å². The standard InChI is InChI=1S/C16H22N2O2/c17-15(9-11-3-7-14(19)8-4-11)16(20)18(13-5-6-13)10-12-1-2-12/h3-4,7-8,12-13,15,19H,1-2,5-6,9-10,17H2/t15-/m0/s1. The third kappa shape index (κ3) is 3.31. The lowest BCUT2D eigenvalue weighted by molar-refractivity contribution is -0.133. The first-order valence-corrected chi connectivity index (χ1v) is 7.47. The normalized spacial score (nSPS) is 19.6. The largest absolute Gasteiger partial charge is 0.508 e. The first-order valence-electron chi connectivity index (χ1n) is 7.47. The Morgan fingerprint density at radius 2 is 1.90 bits per heavy atom. The molecule has 2 aliphatic carbocycles. The predicted molar refractivity (Wildman–Crippen MR) is 77.2 cm³/mol. The van der Waals surface area contributed by atoms with Crippen LogP contribution < -0.4 is 5.73 Å². The maximum Gasteiger partial charge on any atom is 0.240 e. The van der Waals surface area contributed by atoms with Crippen LogP contribution in [0.3, 0.4) is 0 Å². The van der Waals surface area contributed by atoms with Gasteiger partial charge in [-0.1, -0.05) is 12.1 Å². The molecule has 0 unspecified atom stereocenters. The molecule has 1 aromatic carbocycles. The molecule has 4 nitrogen and oxygen atoms in total. The lowest BCUT2D eigenvalue weighted by Gasteiger charge is -2.25. The van der Waals surface area contributed by atoms with E-state index in [4.69, 9.17) is 5.73 Å². The summed E-state index contributed by atoms with van der Waals surface area (Å²) in [5.74, 6) is 1.04. The molecular weight excluding hydrogens is 252 g/mol.